The average molecular weight is 347 g/mol. The summed E-state index contributed by atoms with van der Waals surface area (Å²) >= 11 is 3.21. The SMILES string of the molecule is C=C(C)C(=O)OC(C)SCCCCSC(C)OC(=O)C(=C)C. The molecule has 0 aromatic carbocycles. The molecule has 0 aliphatic carbocycles. The van der Waals surface area contributed by atoms with Crippen LogP contribution in [0.2, 0.25) is 0 Å². The maximum Gasteiger partial charge on any atom is 0.334 e. The number of unbranched alkanes of at least 4 members (excludes halogenated alkanes) is 1. The van der Waals surface area contributed by atoms with Crippen LogP contribution in [0.1, 0.15) is 40.5 Å². The van der Waals surface area contributed by atoms with Gasteiger partial charge in [-0.3, -0.25) is 0 Å². The predicted octanol–water partition coefficient (Wildman–Crippen LogP) is 4.16. The molecule has 126 valence electrons. The van der Waals surface area contributed by atoms with Gasteiger partial charge >= 0.3 is 11.9 Å². The molecule has 0 N–H and O–H groups in total. The normalized spacial score (nSPS) is 13.1. The summed E-state index contributed by atoms with van der Waals surface area (Å²) in [6.07, 6.45) is 2.04. The summed E-state index contributed by atoms with van der Waals surface area (Å²) < 4.78 is 10.4. The molecule has 0 aromatic rings. The van der Waals surface area contributed by atoms with E-state index in [-0.39, 0.29) is 22.8 Å². The van der Waals surface area contributed by atoms with Crippen LogP contribution in [0.15, 0.2) is 24.3 Å². The van der Waals surface area contributed by atoms with Crippen molar-refractivity contribution in [1.29, 1.82) is 0 Å². The summed E-state index contributed by atoms with van der Waals surface area (Å²) in [5, 5.41) is 0. The standard InChI is InChI=1S/C16H26O4S2/c1-11(2)15(17)19-13(5)21-9-7-8-10-22-14(6)20-16(18)12(3)4/h13-14H,1,3,7-10H2,2,4-6H3. The van der Waals surface area contributed by atoms with E-state index in [2.05, 4.69) is 13.2 Å². The van der Waals surface area contributed by atoms with E-state index in [4.69, 9.17) is 9.47 Å². The summed E-state index contributed by atoms with van der Waals surface area (Å²) in [5.74, 6) is 1.16. The van der Waals surface area contributed by atoms with Gasteiger partial charge in [0.2, 0.25) is 0 Å². The minimum Gasteiger partial charge on any atom is -0.448 e. The van der Waals surface area contributed by atoms with Gasteiger partial charge in [-0.1, -0.05) is 13.2 Å². The Balaban J connectivity index is 3.61. The summed E-state index contributed by atoms with van der Waals surface area (Å²) in [5.41, 5.74) is 0.517. The molecule has 4 nitrogen and oxygen atoms in total. The number of ether oxygens (including phenoxy) is 2. The highest BCUT2D eigenvalue weighted by atomic mass is 32.2. The molecular formula is C16H26O4S2. The lowest BCUT2D eigenvalue weighted by molar-refractivity contribution is -0.140. The predicted molar refractivity (Wildman–Crippen MR) is 94.9 cm³/mol. The molecule has 0 aromatic heterocycles. The Kier molecular flexibility index (Phi) is 11.2. The van der Waals surface area contributed by atoms with Gasteiger partial charge in [0.05, 0.1) is 0 Å². The number of hydrogen-bond acceptors (Lipinski definition) is 6. The van der Waals surface area contributed by atoms with E-state index in [0.29, 0.717) is 11.1 Å². The Morgan fingerprint density at radius 2 is 1.18 bits per heavy atom. The molecule has 0 spiro atoms. The fourth-order valence-corrected chi connectivity index (χ4v) is 2.99. The third-order valence-electron chi connectivity index (χ3n) is 2.49. The van der Waals surface area contributed by atoms with Crippen molar-refractivity contribution in [1.82, 2.24) is 0 Å². The second-order valence-electron chi connectivity index (χ2n) is 4.96. The first-order valence-corrected chi connectivity index (χ1v) is 9.30. The van der Waals surface area contributed by atoms with Crippen LogP contribution in [0.3, 0.4) is 0 Å². The van der Waals surface area contributed by atoms with Crippen molar-refractivity contribution in [2.75, 3.05) is 11.5 Å². The molecule has 2 atom stereocenters. The lowest BCUT2D eigenvalue weighted by atomic mass is 10.4. The molecule has 0 rings (SSSR count). The summed E-state index contributed by atoms with van der Waals surface area (Å²) in [6.45, 7) is 14.1. The molecule has 0 bridgehead atoms. The van der Waals surface area contributed by atoms with Gasteiger partial charge < -0.3 is 9.47 Å². The minimum atomic E-state index is -0.344. The fraction of sp³-hybridized carbons (Fsp3) is 0.625. The average Bonchev–Trinajstić information content (AvgIpc) is 2.42. The first-order chi connectivity index (χ1) is 10.2. The Bertz CT molecular complexity index is 369. The van der Waals surface area contributed by atoms with E-state index < -0.39 is 0 Å². The maximum atomic E-state index is 11.3. The highest BCUT2D eigenvalue weighted by Gasteiger charge is 2.11. The second-order valence-corrected chi connectivity index (χ2v) is 7.77. The zero-order valence-corrected chi connectivity index (χ0v) is 15.5. The molecule has 0 amide bonds. The maximum absolute atomic E-state index is 11.3. The molecule has 0 aliphatic heterocycles. The van der Waals surface area contributed by atoms with E-state index in [1.807, 2.05) is 13.8 Å². The molecule has 0 aliphatic rings. The van der Waals surface area contributed by atoms with Crippen molar-refractivity contribution in [3.63, 3.8) is 0 Å². The second kappa shape index (κ2) is 11.7. The Hall–Kier alpha value is -0.880. The minimum absolute atomic E-state index is 0.160. The molecular weight excluding hydrogens is 320 g/mol. The third-order valence-corrected chi connectivity index (χ3v) is 4.67. The van der Waals surface area contributed by atoms with Gasteiger partial charge in [0.25, 0.3) is 0 Å². The van der Waals surface area contributed by atoms with Gasteiger partial charge in [0, 0.05) is 11.1 Å². The Labute approximate surface area is 142 Å². The monoisotopic (exact) mass is 346 g/mol. The van der Waals surface area contributed by atoms with Gasteiger partial charge in [-0.05, 0) is 52.0 Å². The number of rotatable bonds is 11. The quantitative estimate of drug-likeness (QED) is 0.242. The molecule has 2 unspecified atom stereocenters. The van der Waals surface area contributed by atoms with Gasteiger partial charge in [-0.2, -0.15) is 0 Å². The van der Waals surface area contributed by atoms with E-state index in [0.717, 1.165) is 24.3 Å². The van der Waals surface area contributed by atoms with Crippen LogP contribution >= 0.6 is 23.5 Å². The number of esters is 2. The molecule has 0 saturated heterocycles. The topological polar surface area (TPSA) is 52.6 Å². The summed E-state index contributed by atoms with van der Waals surface area (Å²) in [7, 11) is 0. The van der Waals surface area contributed by atoms with E-state index in [1.165, 1.54) is 0 Å². The molecule has 22 heavy (non-hydrogen) atoms. The lowest BCUT2D eigenvalue weighted by Crippen LogP contribution is -2.13. The van der Waals surface area contributed by atoms with Crippen LogP contribution in [-0.2, 0) is 19.1 Å². The first-order valence-electron chi connectivity index (χ1n) is 7.20. The molecule has 6 heteroatoms. The van der Waals surface area contributed by atoms with Crippen LogP contribution in [0.25, 0.3) is 0 Å². The van der Waals surface area contributed by atoms with Crippen molar-refractivity contribution in [2.45, 2.75) is 51.4 Å². The zero-order chi connectivity index (χ0) is 17.1. The Morgan fingerprint density at radius 3 is 1.45 bits per heavy atom. The number of carbonyl (C=O) groups is 2. The smallest absolute Gasteiger partial charge is 0.334 e. The van der Waals surface area contributed by atoms with Crippen LogP contribution in [0.5, 0.6) is 0 Å². The molecule has 0 heterocycles. The number of carbonyl (C=O) groups excluding carboxylic acids is 2. The third kappa shape index (κ3) is 10.8. The van der Waals surface area contributed by atoms with Crippen molar-refractivity contribution in [3.8, 4) is 0 Å². The van der Waals surface area contributed by atoms with Gasteiger partial charge in [0.15, 0.2) is 0 Å². The molecule has 0 fully saturated rings. The van der Waals surface area contributed by atoms with Crippen LogP contribution < -0.4 is 0 Å². The fourth-order valence-electron chi connectivity index (χ4n) is 1.27. The van der Waals surface area contributed by atoms with Gasteiger partial charge in [0.1, 0.15) is 10.9 Å². The van der Waals surface area contributed by atoms with E-state index in [1.54, 1.807) is 37.4 Å². The highest BCUT2D eigenvalue weighted by Crippen LogP contribution is 2.18. The van der Waals surface area contributed by atoms with Gasteiger partial charge in [-0.15, -0.1) is 23.5 Å². The van der Waals surface area contributed by atoms with Crippen LogP contribution in [0.4, 0.5) is 0 Å². The van der Waals surface area contributed by atoms with Gasteiger partial charge in [-0.25, -0.2) is 9.59 Å². The highest BCUT2D eigenvalue weighted by molar-refractivity contribution is 8.00. The first kappa shape index (κ1) is 21.1. The summed E-state index contributed by atoms with van der Waals surface area (Å²) in [4.78, 5) is 22.6. The van der Waals surface area contributed by atoms with E-state index in [9.17, 15) is 9.59 Å². The lowest BCUT2D eigenvalue weighted by Gasteiger charge is -2.14. The van der Waals surface area contributed by atoms with Crippen molar-refractivity contribution < 1.29 is 19.1 Å². The van der Waals surface area contributed by atoms with Crippen molar-refractivity contribution in [3.05, 3.63) is 24.3 Å². The Morgan fingerprint density at radius 1 is 0.864 bits per heavy atom. The van der Waals surface area contributed by atoms with Crippen molar-refractivity contribution >= 4 is 35.5 Å². The number of thioether (sulfide) groups is 2. The number of hydrogen-bond donors (Lipinski definition) is 0. The molecule has 0 saturated carbocycles. The molecule has 0 radical (unpaired) electrons. The largest absolute Gasteiger partial charge is 0.448 e. The van der Waals surface area contributed by atoms with Crippen LogP contribution in [-0.4, -0.2) is 34.3 Å². The zero-order valence-electron chi connectivity index (χ0n) is 13.8. The van der Waals surface area contributed by atoms with Crippen LogP contribution in [0, 0.1) is 0 Å². The van der Waals surface area contributed by atoms with E-state index >= 15 is 0 Å². The van der Waals surface area contributed by atoms with Crippen molar-refractivity contribution in [2.24, 2.45) is 0 Å². The summed E-state index contributed by atoms with van der Waals surface area (Å²) in [6, 6.07) is 0.